The normalized spacial score (nSPS) is 14.0. The summed E-state index contributed by atoms with van der Waals surface area (Å²) < 4.78 is 21.4. The van der Waals surface area contributed by atoms with Crippen LogP contribution in [0.25, 0.3) is 0 Å². The maximum atomic E-state index is 14.1. The van der Waals surface area contributed by atoms with E-state index in [0.29, 0.717) is 49.8 Å². The average Bonchev–Trinajstić information content (AvgIpc) is 3.24. The predicted molar refractivity (Wildman–Crippen MR) is 127 cm³/mol. The lowest BCUT2D eigenvalue weighted by Gasteiger charge is -2.36. The molecular weight excluding hydrogens is 441 g/mol. The molecule has 0 saturated carbocycles. The number of methoxy groups -OCH3 is 1. The molecule has 2 aromatic carbocycles. The molecule has 0 radical (unpaired) electrons. The number of carbonyl (C=O) groups is 1. The molecule has 9 heteroatoms. The van der Waals surface area contributed by atoms with E-state index in [1.807, 2.05) is 51.6 Å². The number of thioether (sulfide) groups is 1. The summed E-state index contributed by atoms with van der Waals surface area (Å²) in [7, 11) is 1.64. The highest BCUT2D eigenvalue weighted by Gasteiger charge is 2.25. The molecule has 174 valence electrons. The lowest BCUT2D eigenvalue weighted by atomic mass is 10.1. The van der Waals surface area contributed by atoms with Crippen LogP contribution in [-0.4, -0.2) is 58.9 Å². The summed E-state index contributed by atoms with van der Waals surface area (Å²) in [6.45, 7) is 5.52. The maximum Gasteiger partial charge on any atom is 0.254 e. The van der Waals surface area contributed by atoms with Gasteiger partial charge in [-0.05, 0) is 30.7 Å². The van der Waals surface area contributed by atoms with Gasteiger partial charge in [0.2, 0.25) is 0 Å². The molecular formula is C24H28FN5O2S. The first-order chi connectivity index (χ1) is 16.1. The minimum Gasteiger partial charge on any atom is -0.377 e. The van der Waals surface area contributed by atoms with Gasteiger partial charge in [0.1, 0.15) is 12.4 Å². The molecule has 1 fully saturated rings. The van der Waals surface area contributed by atoms with Gasteiger partial charge in [0.05, 0.1) is 5.69 Å². The molecule has 1 aliphatic heterocycles. The second-order valence-electron chi connectivity index (χ2n) is 7.75. The standard InChI is InChI=1S/C24H28FN5O2S/c1-3-30-22(16-32-2)26-27-24(30)33-17-18-8-4-5-9-19(18)23(31)29-14-12-28(13-15-29)21-11-7-6-10-20(21)25/h4-11H,3,12-17H2,1-2H3. The molecule has 0 atom stereocenters. The Bertz CT molecular complexity index is 1100. The van der Waals surface area contributed by atoms with Crippen LogP contribution >= 0.6 is 11.8 Å². The Morgan fingerprint density at radius 1 is 1.06 bits per heavy atom. The SMILES string of the molecule is CCn1c(COC)nnc1SCc1ccccc1C(=O)N1CCN(c2ccccc2F)CC1. The third kappa shape index (κ3) is 5.20. The Kier molecular flexibility index (Phi) is 7.61. The minimum absolute atomic E-state index is 0.0106. The van der Waals surface area contributed by atoms with E-state index in [1.54, 1.807) is 31.0 Å². The number of carbonyl (C=O) groups excluding carboxylic acids is 1. The van der Waals surface area contributed by atoms with E-state index in [-0.39, 0.29) is 11.7 Å². The van der Waals surface area contributed by atoms with Crippen LogP contribution in [0.2, 0.25) is 0 Å². The smallest absolute Gasteiger partial charge is 0.254 e. The first kappa shape index (κ1) is 23.3. The molecule has 7 nitrogen and oxygen atoms in total. The number of ether oxygens (including phenoxy) is 1. The van der Waals surface area contributed by atoms with Crippen LogP contribution in [0.4, 0.5) is 10.1 Å². The molecule has 0 bridgehead atoms. The van der Waals surface area contributed by atoms with E-state index in [4.69, 9.17) is 4.74 Å². The zero-order valence-electron chi connectivity index (χ0n) is 18.9. The Labute approximate surface area is 197 Å². The molecule has 0 unspecified atom stereocenters. The highest BCUT2D eigenvalue weighted by Crippen LogP contribution is 2.26. The highest BCUT2D eigenvalue weighted by molar-refractivity contribution is 7.98. The Morgan fingerprint density at radius 3 is 2.52 bits per heavy atom. The quantitative estimate of drug-likeness (QED) is 0.467. The molecule has 1 aromatic heterocycles. The van der Waals surface area contributed by atoms with E-state index in [1.165, 1.54) is 6.07 Å². The van der Waals surface area contributed by atoms with Gasteiger partial charge in [-0.3, -0.25) is 4.79 Å². The van der Waals surface area contributed by atoms with Crippen molar-refractivity contribution in [2.24, 2.45) is 0 Å². The van der Waals surface area contributed by atoms with E-state index < -0.39 is 0 Å². The van der Waals surface area contributed by atoms with Gasteiger partial charge in [0.15, 0.2) is 11.0 Å². The van der Waals surface area contributed by atoms with Crippen molar-refractivity contribution in [3.05, 3.63) is 71.3 Å². The molecule has 1 aliphatic rings. The summed E-state index contributed by atoms with van der Waals surface area (Å²) >= 11 is 1.56. The van der Waals surface area contributed by atoms with Crippen LogP contribution in [0, 0.1) is 5.82 Å². The number of anilines is 1. The summed E-state index contributed by atoms with van der Waals surface area (Å²) in [4.78, 5) is 17.2. The lowest BCUT2D eigenvalue weighted by Crippen LogP contribution is -2.49. The van der Waals surface area contributed by atoms with Crippen molar-refractivity contribution in [2.45, 2.75) is 31.0 Å². The van der Waals surface area contributed by atoms with Gasteiger partial charge in [-0.2, -0.15) is 0 Å². The summed E-state index contributed by atoms with van der Waals surface area (Å²) in [5, 5.41) is 9.32. The Balaban J connectivity index is 1.42. The van der Waals surface area contributed by atoms with E-state index in [0.717, 1.165) is 23.1 Å². The van der Waals surface area contributed by atoms with Gasteiger partial charge in [-0.25, -0.2) is 4.39 Å². The first-order valence-corrected chi connectivity index (χ1v) is 12.0. The van der Waals surface area contributed by atoms with Crippen molar-refractivity contribution >= 4 is 23.4 Å². The second-order valence-corrected chi connectivity index (χ2v) is 8.70. The second kappa shape index (κ2) is 10.8. The number of rotatable bonds is 8. The minimum atomic E-state index is -0.228. The van der Waals surface area contributed by atoms with Crippen molar-refractivity contribution in [3.8, 4) is 0 Å². The lowest BCUT2D eigenvalue weighted by molar-refractivity contribution is 0.0746. The van der Waals surface area contributed by atoms with Gasteiger partial charge < -0.3 is 19.1 Å². The zero-order valence-corrected chi connectivity index (χ0v) is 19.7. The largest absolute Gasteiger partial charge is 0.377 e. The maximum absolute atomic E-state index is 14.1. The molecule has 2 heterocycles. The Hall–Kier alpha value is -2.91. The summed E-state index contributed by atoms with van der Waals surface area (Å²) in [6.07, 6.45) is 0. The fourth-order valence-corrected chi connectivity index (χ4v) is 5.03. The topological polar surface area (TPSA) is 63.5 Å². The monoisotopic (exact) mass is 469 g/mol. The van der Waals surface area contributed by atoms with Crippen LogP contribution < -0.4 is 4.90 Å². The van der Waals surface area contributed by atoms with Crippen LogP contribution in [0.5, 0.6) is 0 Å². The number of hydrogen-bond acceptors (Lipinski definition) is 6. The number of piperazine rings is 1. The molecule has 0 spiro atoms. The van der Waals surface area contributed by atoms with Crippen molar-refractivity contribution in [1.29, 1.82) is 0 Å². The molecule has 4 rings (SSSR count). The summed E-state index contributed by atoms with van der Waals surface area (Å²) in [5.74, 6) is 1.19. The van der Waals surface area contributed by atoms with Gasteiger partial charge >= 0.3 is 0 Å². The first-order valence-electron chi connectivity index (χ1n) is 11.0. The number of benzene rings is 2. The van der Waals surface area contributed by atoms with E-state index >= 15 is 0 Å². The predicted octanol–water partition coefficient (Wildman–Crippen LogP) is 3.84. The van der Waals surface area contributed by atoms with Gasteiger partial charge in [0.25, 0.3) is 5.91 Å². The van der Waals surface area contributed by atoms with Crippen LogP contribution in [0.1, 0.15) is 28.7 Å². The number of nitrogens with zero attached hydrogens (tertiary/aromatic N) is 5. The van der Waals surface area contributed by atoms with Gasteiger partial charge in [-0.1, -0.05) is 42.1 Å². The van der Waals surface area contributed by atoms with Crippen LogP contribution in [0.15, 0.2) is 53.7 Å². The number of para-hydroxylation sites is 1. The highest BCUT2D eigenvalue weighted by atomic mass is 32.2. The number of aromatic nitrogens is 3. The van der Waals surface area contributed by atoms with Crippen molar-refractivity contribution < 1.29 is 13.9 Å². The van der Waals surface area contributed by atoms with Crippen molar-refractivity contribution in [1.82, 2.24) is 19.7 Å². The van der Waals surface area contributed by atoms with E-state index in [2.05, 4.69) is 10.2 Å². The number of halogens is 1. The van der Waals surface area contributed by atoms with Crippen LogP contribution in [0.3, 0.4) is 0 Å². The molecule has 0 N–H and O–H groups in total. The van der Waals surface area contributed by atoms with Gasteiger partial charge in [0, 0.05) is 51.1 Å². The molecule has 0 aliphatic carbocycles. The third-order valence-corrected chi connectivity index (χ3v) is 6.76. The zero-order chi connectivity index (χ0) is 23.2. The van der Waals surface area contributed by atoms with Gasteiger partial charge in [-0.15, -0.1) is 10.2 Å². The summed E-state index contributed by atoms with van der Waals surface area (Å²) in [5.41, 5.74) is 2.25. The summed E-state index contributed by atoms with van der Waals surface area (Å²) in [6, 6.07) is 14.5. The average molecular weight is 470 g/mol. The third-order valence-electron chi connectivity index (χ3n) is 5.75. The number of hydrogen-bond donors (Lipinski definition) is 0. The fourth-order valence-electron chi connectivity index (χ4n) is 4.01. The molecule has 1 saturated heterocycles. The van der Waals surface area contributed by atoms with Crippen molar-refractivity contribution in [3.63, 3.8) is 0 Å². The van der Waals surface area contributed by atoms with E-state index in [9.17, 15) is 9.18 Å². The van der Waals surface area contributed by atoms with Crippen molar-refractivity contribution in [2.75, 3.05) is 38.2 Å². The molecule has 1 amide bonds. The Morgan fingerprint density at radius 2 is 1.79 bits per heavy atom. The fraction of sp³-hybridized carbons (Fsp3) is 0.375. The molecule has 3 aromatic rings. The van der Waals surface area contributed by atoms with Crippen LogP contribution in [-0.2, 0) is 23.6 Å². The number of amides is 1. The molecule has 33 heavy (non-hydrogen) atoms.